The van der Waals surface area contributed by atoms with E-state index < -0.39 is 15.6 Å². The number of sulfone groups is 1. The van der Waals surface area contributed by atoms with Crippen LogP contribution in [0.1, 0.15) is 41.4 Å². The molecular formula is C18H24N2O6S. The Bertz CT molecular complexity index is 947. The highest BCUT2D eigenvalue weighted by Gasteiger charge is 2.25. The standard InChI is InChI=1S/C18H24N2O6S/c1-11(2)20-18(22)14(10-19-20)16(21)13-6-7-15(27(5,23)24)17(12(13)3)26-9-8-25-4/h6-7,10-11,22H,8-9H2,1-5H3. The largest absolute Gasteiger partial charge is 0.493 e. The van der Waals surface area contributed by atoms with E-state index in [-0.39, 0.29) is 46.9 Å². The summed E-state index contributed by atoms with van der Waals surface area (Å²) in [6, 6.07) is 2.64. The van der Waals surface area contributed by atoms with E-state index in [9.17, 15) is 18.3 Å². The lowest BCUT2D eigenvalue weighted by molar-refractivity contribution is 0.103. The normalized spacial score (nSPS) is 11.8. The molecule has 148 valence electrons. The molecule has 2 aromatic rings. The van der Waals surface area contributed by atoms with Crippen molar-refractivity contribution in [2.24, 2.45) is 0 Å². The Morgan fingerprint density at radius 2 is 1.93 bits per heavy atom. The van der Waals surface area contributed by atoms with Gasteiger partial charge < -0.3 is 14.6 Å². The van der Waals surface area contributed by atoms with Gasteiger partial charge in [0.2, 0.25) is 5.88 Å². The van der Waals surface area contributed by atoms with E-state index in [0.717, 1.165) is 6.26 Å². The number of carbonyl (C=O) groups excluding carboxylic acids is 1. The van der Waals surface area contributed by atoms with Gasteiger partial charge in [-0.15, -0.1) is 0 Å². The molecule has 0 saturated carbocycles. The molecule has 1 heterocycles. The van der Waals surface area contributed by atoms with Crippen LogP contribution in [0, 0.1) is 6.92 Å². The molecule has 0 unspecified atom stereocenters. The quantitative estimate of drug-likeness (QED) is 0.538. The van der Waals surface area contributed by atoms with Gasteiger partial charge in [-0.25, -0.2) is 13.1 Å². The second-order valence-electron chi connectivity index (χ2n) is 6.43. The Morgan fingerprint density at radius 1 is 1.26 bits per heavy atom. The Hall–Kier alpha value is -2.39. The van der Waals surface area contributed by atoms with Crippen LogP contribution in [0.15, 0.2) is 23.2 Å². The van der Waals surface area contributed by atoms with Gasteiger partial charge >= 0.3 is 0 Å². The molecule has 0 spiro atoms. The number of hydrogen-bond acceptors (Lipinski definition) is 7. The smallest absolute Gasteiger partial charge is 0.221 e. The number of benzene rings is 1. The summed E-state index contributed by atoms with van der Waals surface area (Å²) in [6.07, 6.45) is 2.37. The highest BCUT2D eigenvalue weighted by molar-refractivity contribution is 7.90. The number of carbonyl (C=O) groups is 1. The first kappa shape index (κ1) is 20.9. The predicted molar refractivity (Wildman–Crippen MR) is 99.4 cm³/mol. The molecule has 0 bridgehead atoms. The van der Waals surface area contributed by atoms with E-state index in [1.54, 1.807) is 6.92 Å². The zero-order valence-corrected chi connectivity index (χ0v) is 16.8. The van der Waals surface area contributed by atoms with Gasteiger partial charge in [0.15, 0.2) is 15.6 Å². The third-order valence-electron chi connectivity index (χ3n) is 4.05. The highest BCUT2D eigenvalue weighted by atomic mass is 32.2. The van der Waals surface area contributed by atoms with E-state index >= 15 is 0 Å². The Kier molecular flexibility index (Phi) is 6.27. The fourth-order valence-electron chi connectivity index (χ4n) is 2.65. The first-order valence-electron chi connectivity index (χ1n) is 8.36. The highest BCUT2D eigenvalue weighted by Crippen LogP contribution is 2.33. The summed E-state index contributed by atoms with van der Waals surface area (Å²) in [5.41, 5.74) is 0.644. The summed E-state index contributed by atoms with van der Waals surface area (Å²) in [6.45, 7) is 5.66. The van der Waals surface area contributed by atoms with Crippen LogP contribution in [0.2, 0.25) is 0 Å². The lowest BCUT2D eigenvalue weighted by Gasteiger charge is -2.16. The topological polar surface area (TPSA) is 108 Å². The Labute approximate surface area is 158 Å². The minimum atomic E-state index is -3.56. The molecule has 1 aromatic heterocycles. The lowest BCUT2D eigenvalue weighted by atomic mass is 10.00. The van der Waals surface area contributed by atoms with Crippen LogP contribution >= 0.6 is 0 Å². The average molecular weight is 396 g/mol. The summed E-state index contributed by atoms with van der Waals surface area (Å²) >= 11 is 0. The number of hydrogen-bond donors (Lipinski definition) is 1. The van der Waals surface area contributed by atoms with Gasteiger partial charge in [-0.1, -0.05) is 0 Å². The summed E-state index contributed by atoms with van der Waals surface area (Å²) in [5, 5.41) is 14.3. The SMILES string of the molecule is COCCOc1c(S(C)(=O)=O)ccc(C(=O)c2cnn(C(C)C)c2O)c1C. The van der Waals surface area contributed by atoms with Gasteiger partial charge in [-0.2, -0.15) is 5.10 Å². The number of aromatic nitrogens is 2. The Morgan fingerprint density at radius 3 is 2.44 bits per heavy atom. The maximum atomic E-state index is 12.9. The minimum absolute atomic E-state index is 0.00486. The van der Waals surface area contributed by atoms with Gasteiger partial charge in [0.1, 0.15) is 22.8 Å². The number of nitrogens with zero attached hydrogens (tertiary/aromatic N) is 2. The van der Waals surface area contributed by atoms with Gasteiger partial charge in [-0.3, -0.25) is 4.79 Å². The summed E-state index contributed by atoms with van der Waals surface area (Å²) in [4.78, 5) is 12.9. The van der Waals surface area contributed by atoms with Crippen molar-refractivity contribution in [3.8, 4) is 11.6 Å². The molecule has 0 radical (unpaired) electrons. The lowest BCUT2D eigenvalue weighted by Crippen LogP contribution is -2.12. The zero-order chi connectivity index (χ0) is 20.4. The fraction of sp³-hybridized carbons (Fsp3) is 0.444. The molecule has 2 rings (SSSR count). The molecule has 0 aliphatic rings. The van der Waals surface area contributed by atoms with Crippen LogP contribution in [0.4, 0.5) is 0 Å². The third-order valence-corrected chi connectivity index (χ3v) is 5.17. The first-order valence-corrected chi connectivity index (χ1v) is 10.2. The molecule has 8 nitrogen and oxygen atoms in total. The molecule has 1 aromatic carbocycles. The maximum absolute atomic E-state index is 12.9. The van der Waals surface area contributed by atoms with E-state index in [1.807, 2.05) is 13.8 Å². The number of rotatable bonds is 8. The van der Waals surface area contributed by atoms with Crippen LogP contribution < -0.4 is 4.74 Å². The zero-order valence-electron chi connectivity index (χ0n) is 16.0. The van der Waals surface area contributed by atoms with Gasteiger partial charge in [0, 0.05) is 24.5 Å². The molecule has 0 aliphatic carbocycles. The summed E-state index contributed by atoms with van der Waals surface area (Å²) in [7, 11) is -2.06. The average Bonchev–Trinajstić information content (AvgIpc) is 2.96. The van der Waals surface area contributed by atoms with Gasteiger partial charge in [-0.05, 0) is 32.9 Å². The van der Waals surface area contributed by atoms with Crippen molar-refractivity contribution in [1.29, 1.82) is 0 Å². The Balaban J connectivity index is 2.54. The van der Waals surface area contributed by atoms with Gasteiger partial charge in [0.25, 0.3) is 0 Å². The summed E-state index contributed by atoms with van der Waals surface area (Å²) < 4.78 is 36.0. The second kappa shape index (κ2) is 8.10. The van der Waals surface area contributed by atoms with Crippen molar-refractivity contribution in [3.05, 3.63) is 35.0 Å². The molecule has 0 amide bonds. The molecule has 0 saturated heterocycles. The number of methoxy groups -OCH3 is 1. The van der Waals surface area contributed by atoms with Crippen LogP contribution in [-0.2, 0) is 14.6 Å². The third kappa shape index (κ3) is 4.30. The van der Waals surface area contributed by atoms with E-state index in [2.05, 4.69) is 5.10 Å². The number of aromatic hydroxyl groups is 1. The first-order chi connectivity index (χ1) is 12.6. The molecule has 9 heteroatoms. The number of ether oxygens (including phenoxy) is 2. The molecule has 0 atom stereocenters. The molecule has 1 N–H and O–H groups in total. The molecule has 0 aliphatic heterocycles. The van der Waals surface area contributed by atoms with Crippen molar-refractivity contribution in [3.63, 3.8) is 0 Å². The van der Waals surface area contributed by atoms with E-state index in [1.165, 1.54) is 30.1 Å². The van der Waals surface area contributed by atoms with Crippen molar-refractivity contribution >= 4 is 15.6 Å². The van der Waals surface area contributed by atoms with Crippen molar-refractivity contribution in [2.45, 2.75) is 31.7 Å². The second-order valence-corrected chi connectivity index (χ2v) is 8.41. The van der Waals surface area contributed by atoms with Crippen LogP contribution in [-0.4, -0.2) is 55.7 Å². The predicted octanol–water partition coefficient (Wildman–Crippen LogP) is 2.14. The molecule has 27 heavy (non-hydrogen) atoms. The minimum Gasteiger partial charge on any atom is -0.493 e. The van der Waals surface area contributed by atoms with Crippen molar-refractivity contribution in [1.82, 2.24) is 9.78 Å². The summed E-state index contributed by atoms with van der Waals surface area (Å²) in [5.74, 6) is -0.590. The van der Waals surface area contributed by atoms with Crippen LogP contribution in [0.25, 0.3) is 0 Å². The van der Waals surface area contributed by atoms with E-state index in [0.29, 0.717) is 5.56 Å². The van der Waals surface area contributed by atoms with Crippen molar-refractivity contribution in [2.75, 3.05) is 26.6 Å². The molecular weight excluding hydrogens is 372 g/mol. The van der Waals surface area contributed by atoms with Gasteiger partial charge in [0.05, 0.1) is 18.8 Å². The van der Waals surface area contributed by atoms with E-state index in [4.69, 9.17) is 9.47 Å². The fourth-order valence-corrected chi connectivity index (χ4v) is 3.51. The molecule has 0 fully saturated rings. The number of ketones is 1. The van der Waals surface area contributed by atoms with Crippen molar-refractivity contribution < 1.29 is 27.8 Å². The van der Waals surface area contributed by atoms with Crippen LogP contribution in [0.5, 0.6) is 11.6 Å². The van der Waals surface area contributed by atoms with Crippen LogP contribution in [0.3, 0.4) is 0 Å². The monoisotopic (exact) mass is 396 g/mol. The maximum Gasteiger partial charge on any atom is 0.221 e.